The van der Waals surface area contributed by atoms with Crippen molar-refractivity contribution in [2.75, 3.05) is 5.88 Å². The molecule has 1 saturated carbocycles. The van der Waals surface area contributed by atoms with E-state index in [4.69, 9.17) is 16.0 Å². The highest BCUT2D eigenvalue weighted by Gasteiger charge is 2.23. The zero-order chi connectivity index (χ0) is 9.10. The fourth-order valence-corrected chi connectivity index (χ4v) is 1.52. The predicted octanol–water partition coefficient (Wildman–Crippen LogP) is 2.80. The van der Waals surface area contributed by atoms with Gasteiger partial charge in [0.25, 0.3) is 0 Å². The Morgan fingerprint density at radius 2 is 2.38 bits per heavy atom. The molecule has 1 heterocycles. The highest BCUT2D eigenvalue weighted by Crippen LogP contribution is 2.32. The molecular formula is C10H14ClNO. The highest BCUT2D eigenvalue weighted by molar-refractivity contribution is 6.17. The lowest BCUT2D eigenvalue weighted by Gasteiger charge is -1.92. The number of halogens is 1. The molecule has 0 bridgehead atoms. The van der Waals surface area contributed by atoms with E-state index in [0.29, 0.717) is 5.88 Å². The first kappa shape index (κ1) is 9.07. The van der Waals surface area contributed by atoms with Crippen LogP contribution in [-0.4, -0.2) is 10.9 Å². The fourth-order valence-electron chi connectivity index (χ4n) is 1.38. The van der Waals surface area contributed by atoms with Gasteiger partial charge in [-0.25, -0.2) is 4.98 Å². The molecule has 1 aliphatic rings. The molecule has 3 heteroatoms. The summed E-state index contributed by atoms with van der Waals surface area (Å²) in [6.45, 7) is 0. The van der Waals surface area contributed by atoms with E-state index in [1.165, 1.54) is 12.8 Å². The van der Waals surface area contributed by atoms with Gasteiger partial charge in [-0.3, -0.25) is 0 Å². The summed E-state index contributed by atoms with van der Waals surface area (Å²) in [5.41, 5.74) is 0. The first-order valence-electron chi connectivity index (χ1n) is 4.88. The summed E-state index contributed by atoms with van der Waals surface area (Å²) in [7, 11) is 0. The summed E-state index contributed by atoms with van der Waals surface area (Å²) >= 11 is 5.58. The van der Waals surface area contributed by atoms with Crippen molar-refractivity contribution in [1.29, 1.82) is 0 Å². The molecule has 2 nitrogen and oxygen atoms in total. The Morgan fingerprint density at radius 1 is 1.54 bits per heavy atom. The zero-order valence-corrected chi connectivity index (χ0v) is 8.39. The molecule has 0 spiro atoms. The first-order valence-corrected chi connectivity index (χ1v) is 5.41. The maximum absolute atomic E-state index is 5.58. The van der Waals surface area contributed by atoms with Gasteiger partial charge in [0.15, 0.2) is 5.89 Å². The van der Waals surface area contributed by atoms with Crippen LogP contribution in [0, 0.1) is 5.92 Å². The molecule has 0 atom stereocenters. The van der Waals surface area contributed by atoms with Crippen LogP contribution in [0.1, 0.15) is 30.9 Å². The van der Waals surface area contributed by atoms with E-state index in [-0.39, 0.29) is 0 Å². The second-order valence-corrected chi connectivity index (χ2v) is 4.04. The summed E-state index contributed by atoms with van der Waals surface area (Å²) in [5.74, 6) is 3.44. The molecule has 1 aromatic heterocycles. The molecule has 0 aromatic carbocycles. The number of alkyl halides is 1. The highest BCUT2D eigenvalue weighted by atomic mass is 35.5. The number of hydrogen-bond acceptors (Lipinski definition) is 2. The van der Waals surface area contributed by atoms with Gasteiger partial charge in [-0.05, 0) is 25.2 Å². The van der Waals surface area contributed by atoms with E-state index in [2.05, 4.69) is 4.98 Å². The van der Waals surface area contributed by atoms with E-state index in [9.17, 15) is 0 Å². The molecule has 2 rings (SSSR count). The second-order valence-electron chi connectivity index (χ2n) is 3.66. The molecule has 1 aromatic rings. The summed E-state index contributed by atoms with van der Waals surface area (Å²) < 4.78 is 5.57. The molecule has 0 N–H and O–H groups in total. The molecule has 0 saturated heterocycles. The van der Waals surface area contributed by atoms with Gasteiger partial charge in [-0.1, -0.05) is 0 Å². The van der Waals surface area contributed by atoms with Crippen LogP contribution in [0.5, 0.6) is 0 Å². The molecule has 0 amide bonds. The van der Waals surface area contributed by atoms with Crippen LogP contribution in [0.2, 0.25) is 0 Å². The van der Waals surface area contributed by atoms with Crippen molar-refractivity contribution in [2.45, 2.75) is 32.1 Å². The Bertz CT molecular complexity index is 268. The maximum Gasteiger partial charge on any atom is 0.194 e. The quantitative estimate of drug-likeness (QED) is 0.682. The van der Waals surface area contributed by atoms with Gasteiger partial charge in [0, 0.05) is 18.7 Å². The van der Waals surface area contributed by atoms with Crippen molar-refractivity contribution in [3.05, 3.63) is 17.8 Å². The van der Waals surface area contributed by atoms with Gasteiger partial charge in [-0.2, -0.15) is 0 Å². The third-order valence-electron chi connectivity index (χ3n) is 2.31. The lowest BCUT2D eigenvalue weighted by atomic mass is 10.2. The second kappa shape index (κ2) is 4.14. The fraction of sp³-hybridized carbons (Fsp3) is 0.700. The van der Waals surface area contributed by atoms with Gasteiger partial charge in [-0.15, -0.1) is 11.6 Å². The Balaban J connectivity index is 1.84. The summed E-state index contributed by atoms with van der Waals surface area (Å²) in [6, 6.07) is 0. The van der Waals surface area contributed by atoms with Crippen LogP contribution in [-0.2, 0) is 12.8 Å². The summed E-state index contributed by atoms with van der Waals surface area (Å²) in [4.78, 5) is 4.21. The van der Waals surface area contributed by atoms with E-state index in [1.54, 1.807) is 0 Å². The van der Waals surface area contributed by atoms with Crippen molar-refractivity contribution >= 4 is 11.6 Å². The third kappa shape index (κ3) is 2.73. The SMILES string of the molecule is ClCCCc1ncc(CC2CC2)o1. The Hall–Kier alpha value is -0.500. The average molecular weight is 200 g/mol. The van der Waals surface area contributed by atoms with Crippen LogP contribution in [0.3, 0.4) is 0 Å². The van der Waals surface area contributed by atoms with Crippen molar-refractivity contribution in [1.82, 2.24) is 4.98 Å². The minimum absolute atomic E-state index is 0.681. The monoisotopic (exact) mass is 199 g/mol. The smallest absolute Gasteiger partial charge is 0.194 e. The normalized spacial score (nSPS) is 16.4. The summed E-state index contributed by atoms with van der Waals surface area (Å²) in [5, 5.41) is 0. The van der Waals surface area contributed by atoms with Gasteiger partial charge < -0.3 is 4.42 Å². The van der Waals surface area contributed by atoms with E-state index in [0.717, 1.165) is 36.8 Å². The molecule has 1 aliphatic carbocycles. The van der Waals surface area contributed by atoms with E-state index in [1.807, 2.05) is 6.20 Å². The van der Waals surface area contributed by atoms with Crippen LogP contribution >= 0.6 is 11.6 Å². The maximum atomic E-state index is 5.58. The van der Waals surface area contributed by atoms with Crippen molar-refractivity contribution in [3.63, 3.8) is 0 Å². The first-order chi connectivity index (χ1) is 6.38. The minimum Gasteiger partial charge on any atom is -0.446 e. The average Bonchev–Trinajstić information content (AvgIpc) is 2.81. The number of aryl methyl sites for hydroxylation is 1. The van der Waals surface area contributed by atoms with E-state index >= 15 is 0 Å². The summed E-state index contributed by atoms with van der Waals surface area (Å²) in [6.07, 6.45) is 7.48. The van der Waals surface area contributed by atoms with Crippen LogP contribution in [0.4, 0.5) is 0 Å². The van der Waals surface area contributed by atoms with Crippen LogP contribution in [0.25, 0.3) is 0 Å². The van der Waals surface area contributed by atoms with Crippen LogP contribution in [0.15, 0.2) is 10.6 Å². The molecular weight excluding hydrogens is 186 g/mol. The largest absolute Gasteiger partial charge is 0.446 e. The van der Waals surface area contributed by atoms with Gasteiger partial charge in [0.05, 0.1) is 6.20 Å². The predicted molar refractivity (Wildman–Crippen MR) is 52.0 cm³/mol. The minimum atomic E-state index is 0.681. The van der Waals surface area contributed by atoms with Crippen LogP contribution < -0.4 is 0 Å². The number of aromatic nitrogens is 1. The Kier molecular flexibility index (Phi) is 2.89. The van der Waals surface area contributed by atoms with Gasteiger partial charge >= 0.3 is 0 Å². The lowest BCUT2D eigenvalue weighted by Crippen LogP contribution is -1.85. The number of oxazole rings is 1. The molecule has 0 radical (unpaired) electrons. The molecule has 0 unspecified atom stereocenters. The molecule has 13 heavy (non-hydrogen) atoms. The van der Waals surface area contributed by atoms with Crippen molar-refractivity contribution < 1.29 is 4.42 Å². The molecule has 72 valence electrons. The Labute approximate surface area is 83.3 Å². The van der Waals surface area contributed by atoms with Gasteiger partial charge in [0.1, 0.15) is 5.76 Å². The van der Waals surface area contributed by atoms with Crippen molar-refractivity contribution in [2.24, 2.45) is 5.92 Å². The molecule has 1 fully saturated rings. The zero-order valence-electron chi connectivity index (χ0n) is 7.63. The number of hydrogen-bond donors (Lipinski definition) is 0. The topological polar surface area (TPSA) is 26.0 Å². The lowest BCUT2D eigenvalue weighted by molar-refractivity contribution is 0.445. The van der Waals surface area contributed by atoms with Gasteiger partial charge in [0.2, 0.25) is 0 Å². The molecule has 0 aliphatic heterocycles. The number of nitrogens with zero attached hydrogens (tertiary/aromatic N) is 1. The Morgan fingerprint density at radius 3 is 3.08 bits per heavy atom. The third-order valence-corrected chi connectivity index (χ3v) is 2.58. The standard InChI is InChI=1S/C10H14ClNO/c11-5-1-2-10-12-7-9(13-10)6-8-3-4-8/h7-8H,1-6H2. The number of rotatable bonds is 5. The van der Waals surface area contributed by atoms with E-state index < -0.39 is 0 Å². The van der Waals surface area contributed by atoms with Crippen molar-refractivity contribution in [3.8, 4) is 0 Å².